The molecule has 0 aliphatic carbocycles. The number of aryl methyl sites for hydroxylation is 1. The van der Waals surface area contributed by atoms with Gasteiger partial charge in [-0.1, -0.05) is 32.4 Å². The number of aromatic nitrogens is 2. The Morgan fingerprint density at radius 3 is 2.42 bits per heavy atom. The maximum Gasteiger partial charge on any atom is 0.0834 e. The van der Waals surface area contributed by atoms with Gasteiger partial charge in [-0.25, -0.2) is 0 Å². The van der Waals surface area contributed by atoms with E-state index in [1.54, 1.807) is 6.20 Å². The molecule has 0 fully saturated rings. The van der Waals surface area contributed by atoms with Gasteiger partial charge in [-0.3, -0.25) is 9.58 Å². The average molecular weight is 287 g/mol. The van der Waals surface area contributed by atoms with Crippen LogP contribution in [0.4, 0.5) is 0 Å². The van der Waals surface area contributed by atoms with Crippen LogP contribution in [0, 0.1) is 0 Å². The second kappa shape index (κ2) is 6.73. The number of hydrogen-bond donors (Lipinski definition) is 1. The Labute approximate surface area is 121 Å². The molecule has 2 N–H and O–H groups in total. The molecule has 5 heteroatoms. The smallest absolute Gasteiger partial charge is 0.0834 e. The van der Waals surface area contributed by atoms with Crippen LogP contribution >= 0.6 is 11.6 Å². The van der Waals surface area contributed by atoms with Crippen LogP contribution < -0.4 is 5.73 Å². The molecule has 0 saturated carbocycles. The van der Waals surface area contributed by atoms with E-state index < -0.39 is 0 Å². The van der Waals surface area contributed by atoms with Crippen LogP contribution in [0.15, 0.2) is 6.20 Å². The Morgan fingerprint density at radius 2 is 1.95 bits per heavy atom. The van der Waals surface area contributed by atoms with E-state index in [4.69, 9.17) is 17.3 Å². The van der Waals surface area contributed by atoms with E-state index in [1.165, 1.54) is 0 Å². The van der Waals surface area contributed by atoms with Gasteiger partial charge in [-0.2, -0.15) is 5.10 Å². The third kappa shape index (κ3) is 3.30. The first-order valence-corrected chi connectivity index (χ1v) is 7.49. The molecule has 0 aromatic carbocycles. The zero-order valence-corrected chi connectivity index (χ0v) is 13.5. The van der Waals surface area contributed by atoms with Gasteiger partial charge in [-0.05, 0) is 33.4 Å². The molecule has 0 bridgehead atoms. The van der Waals surface area contributed by atoms with E-state index >= 15 is 0 Å². The Kier molecular flexibility index (Phi) is 5.83. The summed E-state index contributed by atoms with van der Waals surface area (Å²) in [6, 6.07) is -0.158. The number of nitrogens with zero attached hydrogens (tertiary/aromatic N) is 3. The van der Waals surface area contributed by atoms with Gasteiger partial charge in [0.25, 0.3) is 0 Å². The summed E-state index contributed by atoms with van der Waals surface area (Å²) >= 11 is 6.29. The minimum absolute atomic E-state index is 0.154. The number of hydrogen-bond acceptors (Lipinski definition) is 3. The SMILES string of the molecule is CCCn1ncc(Cl)c1C(N)C(C)(C)N(CC)CC. The van der Waals surface area contributed by atoms with Crippen molar-refractivity contribution in [3.8, 4) is 0 Å². The standard InChI is InChI=1S/C14H27ClN4/c1-6-9-19-12(11(15)10-17-19)13(16)14(4,5)18(7-2)8-3/h10,13H,6-9,16H2,1-5H3. The van der Waals surface area contributed by atoms with Gasteiger partial charge in [0, 0.05) is 12.1 Å². The highest BCUT2D eigenvalue weighted by molar-refractivity contribution is 6.31. The fourth-order valence-electron chi connectivity index (χ4n) is 2.64. The van der Waals surface area contributed by atoms with Crippen LogP contribution in [0.5, 0.6) is 0 Å². The minimum atomic E-state index is -0.158. The minimum Gasteiger partial charge on any atom is -0.321 e. The zero-order chi connectivity index (χ0) is 14.6. The van der Waals surface area contributed by atoms with E-state index in [1.807, 2.05) is 4.68 Å². The number of nitrogens with two attached hydrogens (primary N) is 1. The largest absolute Gasteiger partial charge is 0.321 e. The van der Waals surface area contributed by atoms with E-state index in [2.05, 4.69) is 44.6 Å². The molecule has 0 aliphatic heterocycles. The van der Waals surface area contributed by atoms with Crippen molar-refractivity contribution in [1.82, 2.24) is 14.7 Å². The highest BCUT2D eigenvalue weighted by Crippen LogP contribution is 2.32. The molecule has 0 amide bonds. The molecule has 4 nitrogen and oxygen atoms in total. The summed E-state index contributed by atoms with van der Waals surface area (Å²) < 4.78 is 1.94. The molecule has 0 saturated heterocycles. The van der Waals surface area contributed by atoms with E-state index in [9.17, 15) is 0 Å². The van der Waals surface area contributed by atoms with Crippen molar-refractivity contribution in [3.63, 3.8) is 0 Å². The molecule has 1 aromatic rings. The molecule has 1 aromatic heterocycles. The van der Waals surface area contributed by atoms with Crippen LogP contribution in [-0.2, 0) is 6.54 Å². The van der Waals surface area contributed by atoms with Crippen LogP contribution in [0.1, 0.15) is 52.8 Å². The third-order valence-corrected chi connectivity index (χ3v) is 4.19. The lowest BCUT2D eigenvalue weighted by Gasteiger charge is -2.42. The number of halogens is 1. The first-order valence-electron chi connectivity index (χ1n) is 7.11. The van der Waals surface area contributed by atoms with Gasteiger partial charge in [0.05, 0.1) is 23.0 Å². The lowest BCUT2D eigenvalue weighted by molar-refractivity contribution is 0.103. The van der Waals surface area contributed by atoms with Crippen LogP contribution in [0.3, 0.4) is 0 Å². The molecule has 1 unspecified atom stereocenters. The quantitative estimate of drug-likeness (QED) is 0.838. The Morgan fingerprint density at radius 1 is 1.37 bits per heavy atom. The zero-order valence-electron chi connectivity index (χ0n) is 12.8. The summed E-state index contributed by atoms with van der Waals surface area (Å²) in [4.78, 5) is 2.36. The van der Waals surface area contributed by atoms with Crippen molar-refractivity contribution in [2.45, 2.75) is 59.2 Å². The molecule has 110 valence electrons. The normalized spacial score (nSPS) is 14.1. The molecule has 1 atom stereocenters. The second-order valence-electron chi connectivity index (χ2n) is 5.40. The highest BCUT2D eigenvalue weighted by Gasteiger charge is 2.35. The summed E-state index contributed by atoms with van der Waals surface area (Å²) in [5.41, 5.74) is 7.30. The maximum atomic E-state index is 6.51. The number of likely N-dealkylation sites (N-methyl/N-ethyl adjacent to an activating group) is 1. The van der Waals surface area contributed by atoms with Gasteiger partial charge in [0.15, 0.2) is 0 Å². The van der Waals surface area contributed by atoms with Gasteiger partial charge in [-0.15, -0.1) is 0 Å². The summed E-state index contributed by atoms with van der Waals surface area (Å²) in [7, 11) is 0. The van der Waals surface area contributed by atoms with Gasteiger partial charge in [0.2, 0.25) is 0 Å². The van der Waals surface area contributed by atoms with Crippen LogP contribution in [0.2, 0.25) is 5.02 Å². The van der Waals surface area contributed by atoms with Gasteiger partial charge >= 0.3 is 0 Å². The maximum absolute atomic E-state index is 6.51. The van der Waals surface area contributed by atoms with Crippen molar-refractivity contribution in [1.29, 1.82) is 0 Å². The van der Waals surface area contributed by atoms with E-state index in [-0.39, 0.29) is 11.6 Å². The Hall–Kier alpha value is -0.580. The predicted octanol–water partition coefficient (Wildman–Crippen LogP) is 3.07. The second-order valence-corrected chi connectivity index (χ2v) is 5.81. The van der Waals surface area contributed by atoms with Gasteiger partial charge < -0.3 is 5.73 Å². The van der Waals surface area contributed by atoms with Crippen molar-refractivity contribution < 1.29 is 0 Å². The summed E-state index contributed by atoms with van der Waals surface area (Å²) in [6.45, 7) is 13.6. The molecule has 0 aliphatic rings. The summed E-state index contributed by atoms with van der Waals surface area (Å²) in [5.74, 6) is 0. The molecule has 0 spiro atoms. The number of rotatable bonds is 7. The fraction of sp³-hybridized carbons (Fsp3) is 0.786. The molecule has 0 radical (unpaired) electrons. The lowest BCUT2D eigenvalue weighted by atomic mass is 9.90. The summed E-state index contributed by atoms with van der Waals surface area (Å²) in [6.07, 6.45) is 2.72. The van der Waals surface area contributed by atoms with E-state index in [0.717, 1.165) is 31.7 Å². The first kappa shape index (κ1) is 16.5. The summed E-state index contributed by atoms with van der Waals surface area (Å²) in [5, 5.41) is 5.01. The monoisotopic (exact) mass is 286 g/mol. The molecular formula is C14H27ClN4. The fourth-order valence-corrected chi connectivity index (χ4v) is 2.90. The van der Waals surface area contributed by atoms with Crippen molar-refractivity contribution in [3.05, 3.63) is 16.9 Å². The first-order chi connectivity index (χ1) is 8.89. The third-order valence-electron chi connectivity index (χ3n) is 3.90. The molecule has 19 heavy (non-hydrogen) atoms. The van der Waals surface area contributed by atoms with Crippen molar-refractivity contribution >= 4 is 11.6 Å². The Balaban J connectivity index is 3.11. The average Bonchev–Trinajstić information content (AvgIpc) is 2.71. The topological polar surface area (TPSA) is 47.1 Å². The van der Waals surface area contributed by atoms with Crippen molar-refractivity contribution in [2.75, 3.05) is 13.1 Å². The van der Waals surface area contributed by atoms with Crippen LogP contribution in [0.25, 0.3) is 0 Å². The van der Waals surface area contributed by atoms with E-state index in [0.29, 0.717) is 5.02 Å². The van der Waals surface area contributed by atoms with Gasteiger partial charge in [0.1, 0.15) is 0 Å². The molecule has 1 heterocycles. The predicted molar refractivity (Wildman–Crippen MR) is 81.5 cm³/mol. The highest BCUT2D eigenvalue weighted by atomic mass is 35.5. The lowest BCUT2D eigenvalue weighted by Crippen LogP contribution is -2.51. The Bertz CT molecular complexity index is 396. The van der Waals surface area contributed by atoms with Crippen LogP contribution in [-0.4, -0.2) is 33.3 Å². The molecular weight excluding hydrogens is 260 g/mol. The van der Waals surface area contributed by atoms with Crippen molar-refractivity contribution in [2.24, 2.45) is 5.73 Å². The molecule has 1 rings (SSSR count).